The number of fused-ring (bicyclic) bond motifs is 5. The van der Waals surface area contributed by atoms with Crippen LogP contribution in [0.25, 0.3) is 16.6 Å². The van der Waals surface area contributed by atoms with Gasteiger partial charge >= 0.3 is 6.29 Å². The summed E-state index contributed by atoms with van der Waals surface area (Å²) < 4.78 is 37.5. The number of aryl methyl sites for hydroxylation is 1. The van der Waals surface area contributed by atoms with Crippen LogP contribution in [0, 0.1) is 11.3 Å². The Morgan fingerprint density at radius 3 is 2.79 bits per heavy atom. The van der Waals surface area contributed by atoms with Crippen LogP contribution >= 0.6 is 0 Å². The van der Waals surface area contributed by atoms with Gasteiger partial charge in [0, 0.05) is 24.9 Å². The number of ether oxygens (including phenoxy) is 2. The Morgan fingerprint density at radius 1 is 1.21 bits per heavy atom. The number of hydrogen-bond donors (Lipinski definition) is 2. The minimum atomic E-state index is -3.71. The predicted octanol–water partition coefficient (Wildman–Crippen LogP) is 2.50. The fourth-order valence-corrected chi connectivity index (χ4v) is 4.93. The molecule has 0 bridgehead atoms. The van der Waals surface area contributed by atoms with Crippen LogP contribution < -0.4 is 20.5 Å². The van der Waals surface area contributed by atoms with Gasteiger partial charge in [0.05, 0.1) is 0 Å². The van der Waals surface area contributed by atoms with Gasteiger partial charge in [-0.1, -0.05) is 0 Å². The highest BCUT2D eigenvalue weighted by Crippen LogP contribution is 2.50. The van der Waals surface area contributed by atoms with E-state index in [2.05, 4.69) is 29.9 Å². The molecule has 1 aliphatic carbocycles. The van der Waals surface area contributed by atoms with E-state index in [1.807, 2.05) is 0 Å². The molecule has 2 fully saturated rings. The number of rotatable bonds is 4. The Balaban J connectivity index is 1.25. The van der Waals surface area contributed by atoms with Crippen LogP contribution in [-0.2, 0) is 6.42 Å². The van der Waals surface area contributed by atoms with Crippen molar-refractivity contribution in [3.05, 3.63) is 18.0 Å². The molecule has 3 aromatic rings. The molecule has 29 heavy (non-hydrogen) atoms. The summed E-state index contributed by atoms with van der Waals surface area (Å²) in [6.45, 7) is 2.34. The summed E-state index contributed by atoms with van der Waals surface area (Å²) in [4.78, 5) is 8.81. The standard InChI is InChI=1S/C19H20F2N6O2/c20-19(21)28-12-5-4-11-14(15(12)29-19)25-17(22)27-16(11)24-13(26-27)3-1-2-10-6-18(7-10)8-23-9-18/h4-5,10,23H,1-3,6-9H2,(H2,22,25). The van der Waals surface area contributed by atoms with E-state index < -0.39 is 6.29 Å². The van der Waals surface area contributed by atoms with Crippen LogP contribution in [-0.4, -0.2) is 39.0 Å². The highest BCUT2D eigenvalue weighted by atomic mass is 19.3. The minimum absolute atomic E-state index is 0.0666. The maximum atomic E-state index is 13.5. The zero-order valence-electron chi connectivity index (χ0n) is 15.6. The lowest BCUT2D eigenvalue weighted by Crippen LogP contribution is -2.60. The van der Waals surface area contributed by atoms with Crippen LogP contribution in [0.2, 0.25) is 0 Å². The van der Waals surface area contributed by atoms with E-state index in [-0.39, 0.29) is 23.0 Å². The number of benzene rings is 1. The van der Waals surface area contributed by atoms with E-state index >= 15 is 0 Å². The molecule has 3 N–H and O–H groups in total. The largest absolute Gasteiger partial charge is 0.586 e. The molecule has 2 aliphatic heterocycles. The number of nitrogen functional groups attached to an aromatic ring is 1. The third-order valence-corrected chi connectivity index (χ3v) is 6.34. The van der Waals surface area contributed by atoms with E-state index in [1.54, 1.807) is 6.07 Å². The molecule has 1 aromatic carbocycles. The molecule has 0 atom stereocenters. The van der Waals surface area contributed by atoms with Gasteiger partial charge in [-0.05, 0) is 49.1 Å². The predicted molar refractivity (Wildman–Crippen MR) is 99.9 cm³/mol. The summed E-state index contributed by atoms with van der Waals surface area (Å²) in [5.41, 5.74) is 7.28. The molecule has 10 heteroatoms. The third-order valence-electron chi connectivity index (χ3n) is 6.34. The maximum absolute atomic E-state index is 13.5. The van der Waals surface area contributed by atoms with Crippen molar-refractivity contribution in [3.8, 4) is 11.5 Å². The zero-order valence-corrected chi connectivity index (χ0v) is 15.6. The first-order valence-corrected chi connectivity index (χ1v) is 9.86. The van der Waals surface area contributed by atoms with Gasteiger partial charge in [0.2, 0.25) is 5.95 Å². The quantitative estimate of drug-likeness (QED) is 0.692. The molecular weight excluding hydrogens is 382 g/mol. The van der Waals surface area contributed by atoms with Crippen molar-refractivity contribution < 1.29 is 18.3 Å². The lowest BCUT2D eigenvalue weighted by molar-refractivity contribution is -0.286. The Morgan fingerprint density at radius 2 is 2.03 bits per heavy atom. The smallest absolute Gasteiger partial charge is 0.395 e. The summed E-state index contributed by atoms with van der Waals surface area (Å²) in [6.07, 6.45) is 1.84. The Hall–Kier alpha value is -2.75. The molecule has 6 rings (SSSR count). The third kappa shape index (κ3) is 2.61. The van der Waals surface area contributed by atoms with Gasteiger partial charge in [-0.3, -0.25) is 0 Å². The van der Waals surface area contributed by atoms with Gasteiger partial charge in [-0.15, -0.1) is 13.9 Å². The first kappa shape index (κ1) is 17.1. The van der Waals surface area contributed by atoms with Crippen molar-refractivity contribution in [2.24, 2.45) is 11.3 Å². The van der Waals surface area contributed by atoms with Crippen LogP contribution in [0.3, 0.4) is 0 Å². The van der Waals surface area contributed by atoms with Gasteiger partial charge < -0.3 is 20.5 Å². The van der Waals surface area contributed by atoms with Gasteiger partial charge in [-0.2, -0.15) is 4.52 Å². The highest BCUT2D eigenvalue weighted by Gasteiger charge is 2.47. The Kier molecular flexibility index (Phi) is 3.34. The topological polar surface area (TPSA) is 99.6 Å². The zero-order chi connectivity index (χ0) is 19.8. The lowest BCUT2D eigenvalue weighted by Gasteiger charge is -2.54. The second-order valence-electron chi connectivity index (χ2n) is 8.46. The average Bonchev–Trinajstić information content (AvgIpc) is 3.15. The second kappa shape index (κ2) is 5.65. The number of halogens is 2. The number of hydrogen-bond acceptors (Lipinski definition) is 7. The van der Waals surface area contributed by atoms with Gasteiger partial charge in [0.15, 0.2) is 23.0 Å². The van der Waals surface area contributed by atoms with Crippen LogP contribution in [0.1, 0.15) is 31.5 Å². The monoisotopic (exact) mass is 402 g/mol. The van der Waals surface area contributed by atoms with E-state index in [4.69, 9.17) is 5.73 Å². The number of nitrogens with zero attached hydrogens (tertiary/aromatic N) is 4. The fourth-order valence-electron chi connectivity index (χ4n) is 4.93. The van der Waals surface area contributed by atoms with Gasteiger partial charge in [0.1, 0.15) is 5.52 Å². The number of alkyl halides is 2. The first-order valence-electron chi connectivity index (χ1n) is 9.86. The maximum Gasteiger partial charge on any atom is 0.586 e. The van der Waals surface area contributed by atoms with Crippen molar-refractivity contribution in [3.63, 3.8) is 0 Å². The molecular formula is C19H20F2N6O2. The summed E-state index contributed by atoms with van der Waals surface area (Å²) in [7, 11) is 0. The van der Waals surface area contributed by atoms with E-state index in [0.29, 0.717) is 22.3 Å². The number of nitrogens with two attached hydrogens (primary N) is 1. The molecule has 3 aliphatic rings. The molecule has 0 radical (unpaired) electrons. The Bertz CT molecular complexity index is 1130. The molecule has 1 saturated carbocycles. The number of aromatic nitrogens is 4. The fraction of sp³-hybridized carbons (Fsp3) is 0.526. The molecule has 1 saturated heterocycles. The summed E-state index contributed by atoms with van der Waals surface area (Å²) in [5, 5.41) is 8.37. The average molecular weight is 402 g/mol. The number of nitrogens with one attached hydrogen (secondary N) is 1. The van der Waals surface area contributed by atoms with Gasteiger partial charge in [0.25, 0.3) is 0 Å². The Labute approximate surface area is 164 Å². The molecule has 0 amide bonds. The van der Waals surface area contributed by atoms with Crippen molar-refractivity contribution >= 4 is 22.5 Å². The van der Waals surface area contributed by atoms with E-state index in [1.165, 1.54) is 42.9 Å². The molecule has 152 valence electrons. The summed E-state index contributed by atoms with van der Waals surface area (Å²) in [6, 6.07) is 3.05. The van der Waals surface area contributed by atoms with Crippen molar-refractivity contribution in [1.29, 1.82) is 0 Å². The molecule has 2 aromatic heterocycles. The van der Waals surface area contributed by atoms with Gasteiger partial charge in [-0.25, -0.2) is 9.97 Å². The molecule has 8 nitrogen and oxygen atoms in total. The lowest BCUT2D eigenvalue weighted by atomic mass is 9.57. The SMILES string of the molecule is Nc1nc2c3c(ccc2c2nc(CCCC4CC5(CNC5)C4)nn12)OC(F)(F)O3. The van der Waals surface area contributed by atoms with Crippen LogP contribution in [0.4, 0.5) is 14.7 Å². The van der Waals surface area contributed by atoms with Crippen LogP contribution in [0.5, 0.6) is 11.5 Å². The van der Waals surface area contributed by atoms with E-state index in [9.17, 15) is 8.78 Å². The first-order chi connectivity index (χ1) is 13.9. The number of anilines is 1. The minimum Gasteiger partial charge on any atom is -0.395 e. The summed E-state index contributed by atoms with van der Waals surface area (Å²) >= 11 is 0. The van der Waals surface area contributed by atoms with Crippen molar-refractivity contribution in [2.75, 3.05) is 18.8 Å². The van der Waals surface area contributed by atoms with E-state index in [0.717, 1.165) is 18.8 Å². The van der Waals surface area contributed by atoms with Crippen molar-refractivity contribution in [2.45, 2.75) is 38.4 Å². The second-order valence-corrected chi connectivity index (χ2v) is 8.46. The van der Waals surface area contributed by atoms with Crippen molar-refractivity contribution in [1.82, 2.24) is 24.9 Å². The summed E-state index contributed by atoms with van der Waals surface area (Å²) in [5.74, 6) is 1.34. The van der Waals surface area contributed by atoms with Crippen LogP contribution in [0.15, 0.2) is 12.1 Å². The molecule has 4 heterocycles. The molecule has 1 spiro atoms. The molecule has 0 unspecified atom stereocenters. The highest BCUT2D eigenvalue weighted by molar-refractivity contribution is 5.97. The normalized spacial score (nSPS) is 21.6.